The van der Waals surface area contributed by atoms with E-state index in [2.05, 4.69) is 40.7 Å². The van der Waals surface area contributed by atoms with Crippen LogP contribution >= 0.6 is 0 Å². The van der Waals surface area contributed by atoms with Crippen LogP contribution in [0.25, 0.3) is 0 Å². The van der Waals surface area contributed by atoms with Gasteiger partial charge >= 0.3 is 5.97 Å². The summed E-state index contributed by atoms with van der Waals surface area (Å²) in [4.78, 5) is 34.1. The van der Waals surface area contributed by atoms with Gasteiger partial charge in [0.15, 0.2) is 0 Å². The summed E-state index contributed by atoms with van der Waals surface area (Å²) in [6, 6.07) is 2.99. The molecule has 4 aliphatic rings. The van der Waals surface area contributed by atoms with Crippen molar-refractivity contribution < 1.29 is 19.4 Å². The van der Waals surface area contributed by atoms with Gasteiger partial charge in [-0.1, -0.05) is 65.5 Å². The van der Waals surface area contributed by atoms with Crippen LogP contribution in [0, 0.1) is 66.6 Å². The Hall–Kier alpha value is -2.77. The Morgan fingerprint density at radius 2 is 1.64 bits per heavy atom. The Bertz CT molecular complexity index is 1230. The number of hydrogen-bond donors (Lipinski definition) is 0. The molecule has 0 saturated heterocycles. The molecule has 4 aliphatic carbocycles. The molecule has 0 amide bonds. The molecule has 1 aromatic rings. The van der Waals surface area contributed by atoms with Crippen LogP contribution in [-0.4, -0.2) is 21.9 Å². The van der Waals surface area contributed by atoms with E-state index in [1.54, 1.807) is 0 Å². The molecule has 1 aromatic carbocycles. The molecule has 0 radical (unpaired) electrons. The van der Waals surface area contributed by atoms with Crippen molar-refractivity contribution in [3.8, 4) is 0 Å². The molecule has 0 N–H and O–H groups in total. The molecule has 0 aliphatic heterocycles. The van der Waals surface area contributed by atoms with Gasteiger partial charge in [0.25, 0.3) is 11.4 Å². The van der Waals surface area contributed by atoms with E-state index in [1.807, 2.05) is 0 Å². The van der Waals surface area contributed by atoms with Gasteiger partial charge in [-0.15, -0.1) is 0 Å². The molecule has 0 aromatic heterocycles. The summed E-state index contributed by atoms with van der Waals surface area (Å²) in [6.45, 7) is 12.2. The van der Waals surface area contributed by atoms with E-state index in [4.69, 9.17) is 4.74 Å². The van der Waals surface area contributed by atoms with Crippen molar-refractivity contribution in [2.45, 2.75) is 111 Å². The second kappa shape index (κ2) is 11.7. The molecule has 230 valence electrons. The Balaban J connectivity index is 1.27. The summed E-state index contributed by atoms with van der Waals surface area (Å²) in [6.07, 6.45) is 14.9. The molecule has 0 spiro atoms. The molecule has 42 heavy (non-hydrogen) atoms. The summed E-state index contributed by atoms with van der Waals surface area (Å²) < 4.78 is 5.82. The summed E-state index contributed by atoms with van der Waals surface area (Å²) in [7, 11) is 0. The van der Waals surface area contributed by atoms with E-state index in [-0.39, 0.29) is 17.1 Å². The van der Waals surface area contributed by atoms with E-state index < -0.39 is 27.2 Å². The lowest BCUT2D eigenvalue weighted by Crippen LogP contribution is -2.51. The molecule has 8 heteroatoms. The lowest BCUT2D eigenvalue weighted by atomic mass is 9.47. The average Bonchev–Trinajstić information content (AvgIpc) is 3.30. The molecule has 8 nitrogen and oxygen atoms in total. The number of carbonyl (C=O) groups excluding carboxylic acids is 1. The van der Waals surface area contributed by atoms with Crippen molar-refractivity contribution in [2.24, 2.45) is 46.3 Å². The van der Waals surface area contributed by atoms with Crippen molar-refractivity contribution in [3.63, 3.8) is 0 Å². The zero-order valence-electron chi connectivity index (χ0n) is 26.0. The highest BCUT2D eigenvalue weighted by Gasteiger charge is 2.59. The van der Waals surface area contributed by atoms with Gasteiger partial charge in [0.1, 0.15) is 6.10 Å². The second-order valence-corrected chi connectivity index (χ2v) is 14.8. The van der Waals surface area contributed by atoms with Crippen molar-refractivity contribution in [3.05, 3.63) is 55.6 Å². The van der Waals surface area contributed by atoms with Crippen molar-refractivity contribution >= 4 is 17.3 Å². The minimum atomic E-state index is -0.738. The number of nitro groups is 2. The van der Waals surface area contributed by atoms with Crippen LogP contribution in [0.1, 0.15) is 116 Å². The smallest absolute Gasteiger partial charge is 0.338 e. The van der Waals surface area contributed by atoms with Crippen LogP contribution in [0.5, 0.6) is 0 Å². The number of nitro benzene ring substituents is 2. The topological polar surface area (TPSA) is 113 Å². The lowest BCUT2D eigenvalue weighted by Gasteiger charge is -2.58. The highest BCUT2D eigenvalue weighted by molar-refractivity contribution is 5.91. The number of rotatable bonds is 9. The maximum absolute atomic E-state index is 13.0. The van der Waals surface area contributed by atoms with Gasteiger partial charge in [-0.25, -0.2) is 4.79 Å². The van der Waals surface area contributed by atoms with Gasteiger partial charge in [0, 0.05) is 18.6 Å². The zero-order valence-corrected chi connectivity index (χ0v) is 26.0. The van der Waals surface area contributed by atoms with Crippen molar-refractivity contribution in [1.82, 2.24) is 0 Å². The van der Waals surface area contributed by atoms with Gasteiger partial charge < -0.3 is 4.74 Å². The lowest BCUT2D eigenvalue weighted by molar-refractivity contribution is -0.394. The number of nitrogens with zero attached hydrogens (tertiary/aromatic N) is 2. The maximum Gasteiger partial charge on any atom is 0.338 e. The number of carbonyl (C=O) groups is 1. The number of fused-ring (bicyclic) bond motifs is 5. The fourth-order valence-corrected chi connectivity index (χ4v) is 9.90. The number of ether oxygens (including phenoxy) is 1. The van der Waals surface area contributed by atoms with Crippen LogP contribution in [0.3, 0.4) is 0 Å². The first-order valence-electron chi connectivity index (χ1n) is 16.2. The van der Waals surface area contributed by atoms with Crippen LogP contribution < -0.4 is 0 Å². The average molecular weight is 581 g/mol. The second-order valence-electron chi connectivity index (χ2n) is 14.8. The fraction of sp³-hybridized carbons (Fsp3) is 0.735. The van der Waals surface area contributed by atoms with E-state index in [0.29, 0.717) is 17.8 Å². The maximum atomic E-state index is 13.0. The largest absolute Gasteiger partial charge is 0.458 e. The number of allylic oxidation sites excluding steroid dienone is 1. The van der Waals surface area contributed by atoms with E-state index in [9.17, 15) is 25.0 Å². The molecule has 5 rings (SSSR count). The van der Waals surface area contributed by atoms with Crippen LogP contribution in [0.4, 0.5) is 11.4 Å². The third-order valence-corrected chi connectivity index (χ3v) is 12.1. The summed E-state index contributed by atoms with van der Waals surface area (Å²) in [5, 5.41) is 22.6. The minimum absolute atomic E-state index is 0.110. The zero-order chi connectivity index (χ0) is 30.4. The summed E-state index contributed by atoms with van der Waals surface area (Å²) in [5.41, 5.74) is 0.806. The first kappa shape index (κ1) is 30.7. The Labute approximate surface area is 250 Å². The molecule has 8 atom stereocenters. The predicted molar refractivity (Wildman–Crippen MR) is 162 cm³/mol. The Morgan fingerprint density at radius 3 is 2.29 bits per heavy atom. The molecule has 0 unspecified atom stereocenters. The predicted octanol–water partition coefficient (Wildman–Crippen LogP) is 9.07. The van der Waals surface area contributed by atoms with Gasteiger partial charge in [-0.2, -0.15) is 0 Å². The molecular weight excluding hydrogens is 532 g/mol. The Kier molecular flexibility index (Phi) is 8.56. The van der Waals surface area contributed by atoms with Crippen LogP contribution in [0.2, 0.25) is 0 Å². The summed E-state index contributed by atoms with van der Waals surface area (Å²) in [5.74, 6) is 3.81. The number of benzene rings is 1. The Morgan fingerprint density at radius 1 is 0.952 bits per heavy atom. The van der Waals surface area contributed by atoms with Crippen LogP contribution in [-0.2, 0) is 4.74 Å². The molecule has 3 fully saturated rings. The SMILES string of the molecule is CC(C)CCC[C@H](C)[C@@H]1CC[C@@H]2[C@H]3CC=C4C[C@@H](OC(=O)c5cc([N+](=O)[O-])cc([N+](=O)[O-])c5)CC[C@]4(C)[C@@H]3CC[C@@]21C. The molecule has 3 saturated carbocycles. The van der Waals surface area contributed by atoms with Crippen molar-refractivity contribution in [1.29, 1.82) is 0 Å². The summed E-state index contributed by atoms with van der Waals surface area (Å²) >= 11 is 0. The van der Waals surface area contributed by atoms with Gasteiger partial charge in [-0.05, 0) is 91.3 Å². The van der Waals surface area contributed by atoms with E-state index in [1.165, 1.54) is 50.5 Å². The van der Waals surface area contributed by atoms with Gasteiger partial charge in [0.05, 0.1) is 21.5 Å². The normalized spacial score (nSPS) is 34.5. The third kappa shape index (κ3) is 5.62. The van der Waals surface area contributed by atoms with Crippen LogP contribution in [0.15, 0.2) is 29.8 Å². The highest BCUT2D eigenvalue weighted by atomic mass is 16.6. The fourth-order valence-electron chi connectivity index (χ4n) is 9.90. The van der Waals surface area contributed by atoms with Gasteiger partial charge in [-0.3, -0.25) is 20.2 Å². The first-order valence-corrected chi connectivity index (χ1v) is 16.2. The first-order chi connectivity index (χ1) is 19.8. The minimum Gasteiger partial charge on any atom is -0.458 e. The third-order valence-electron chi connectivity index (χ3n) is 12.1. The number of esters is 1. The quantitative estimate of drug-likeness (QED) is 0.125. The standard InChI is InChI=1S/C34H48N2O6/c1-21(2)7-6-8-22(3)29-11-12-30-28-10-9-24-19-27(13-15-33(24,4)31(28)14-16-34(29,30)5)42-32(37)23-17-25(35(38)39)20-26(18-23)36(40)41/h9,17-18,20-22,27-31H,6-8,10-16,19H2,1-5H3/t22-,27-,28+,29-,30+,31+,33-,34+/m0/s1. The molecule has 0 bridgehead atoms. The van der Waals surface area contributed by atoms with Crippen molar-refractivity contribution in [2.75, 3.05) is 0 Å². The molecule has 0 heterocycles. The number of hydrogen-bond acceptors (Lipinski definition) is 6. The monoisotopic (exact) mass is 580 g/mol. The van der Waals surface area contributed by atoms with E-state index >= 15 is 0 Å². The number of non-ortho nitro benzene ring substituents is 2. The van der Waals surface area contributed by atoms with E-state index in [0.717, 1.165) is 67.1 Å². The highest BCUT2D eigenvalue weighted by Crippen LogP contribution is 2.67. The molecular formula is C34H48N2O6. The van der Waals surface area contributed by atoms with Gasteiger partial charge in [0.2, 0.25) is 0 Å².